The highest BCUT2D eigenvalue weighted by atomic mass is 16.4. The van der Waals surface area contributed by atoms with Gasteiger partial charge >= 0.3 is 5.97 Å². The Morgan fingerprint density at radius 3 is 2.55 bits per heavy atom. The molecule has 0 heterocycles. The van der Waals surface area contributed by atoms with Crippen molar-refractivity contribution in [2.75, 3.05) is 6.61 Å². The molecule has 0 saturated carbocycles. The summed E-state index contributed by atoms with van der Waals surface area (Å²) in [5.74, 6) is -1.05. The fourth-order valence-electron chi connectivity index (χ4n) is 0.575. The van der Waals surface area contributed by atoms with Crippen LogP contribution in [0.2, 0.25) is 0 Å². The van der Waals surface area contributed by atoms with E-state index in [0.717, 1.165) is 0 Å². The van der Waals surface area contributed by atoms with E-state index in [0.29, 0.717) is 0 Å². The second kappa shape index (κ2) is 4.87. The zero-order valence-corrected chi connectivity index (χ0v) is 6.32. The van der Waals surface area contributed by atoms with Gasteiger partial charge in [0.25, 0.3) is 0 Å². The second-order valence-electron chi connectivity index (χ2n) is 2.23. The lowest BCUT2D eigenvalue weighted by Crippen LogP contribution is -2.08. The van der Waals surface area contributed by atoms with Gasteiger partial charge in [-0.2, -0.15) is 0 Å². The molecule has 0 aromatic heterocycles. The molecule has 4 heteroatoms. The Morgan fingerprint density at radius 1 is 1.64 bits per heavy atom. The SMILES string of the molecule is C/C(=C\C(O)CCO)C(=O)O. The third kappa shape index (κ3) is 4.52. The lowest BCUT2D eigenvalue weighted by atomic mass is 10.2. The van der Waals surface area contributed by atoms with E-state index >= 15 is 0 Å². The topological polar surface area (TPSA) is 77.8 Å². The highest BCUT2D eigenvalue weighted by Gasteiger charge is 2.03. The quantitative estimate of drug-likeness (QED) is 0.496. The predicted molar refractivity (Wildman–Crippen MR) is 39.1 cm³/mol. The maximum absolute atomic E-state index is 10.2. The van der Waals surface area contributed by atoms with Crippen LogP contribution in [-0.2, 0) is 4.79 Å². The molecule has 64 valence electrons. The normalized spacial score (nSPS) is 14.6. The molecule has 0 aliphatic rings. The fourth-order valence-corrected chi connectivity index (χ4v) is 0.575. The van der Waals surface area contributed by atoms with E-state index in [2.05, 4.69) is 0 Å². The lowest BCUT2D eigenvalue weighted by molar-refractivity contribution is -0.132. The molecular formula is C7H12O4. The molecule has 0 radical (unpaired) electrons. The Labute approximate surface area is 64.8 Å². The van der Waals surface area contributed by atoms with Crippen LogP contribution in [0.5, 0.6) is 0 Å². The highest BCUT2D eigenvalue weighted by molar-refractivity contribution is 5.85. The summed E-state index contributed by atoms with van der Waals surface area (Å²) in [4.78, 5) is 10.2. The van der Waals surface area contributed by atoms with Crippen LogP contribution in [-0.4, -0.2) is 34.0 Å². The maximum Gasteiger partial charge on any atom is 0.331 e. The molecule has 0 aliphatic carbocycles. The van der Waals surface area contributed by atoms with Gasteiger partial charge in [0.15, 0.2) is 0 Å². The lowest BCUT2D eigenvalue weighted by Gasteiger charge is -2.02. The van der Waals surface area contributed by atoms with Crippen LogP contribution in [0.4, 0.5) is 0 Å². The number of hydrogen-bond donors (Lipinski definition) is 3. The molecule has 11 heavy (non-hydrogen) atoms. The van der Waals surface area contributed by atoms with Crippen molar-refractivity contribution in [3.8, 4) is 0 Å². The molecule has 0 aromatic rings. The fraction of sp³-hybridized carbons (Fsp3) is 0.571. The van der Waals surface area contributed by atoms with Gasteiger partial charge in [0.1, 0.15) is 0 Å². The molecule has 0 rings (SSSR count). The zero-order chi connectivity index (χ0) is 8.85. The molecule has 0 fully saturated rings. The summed E-state index contributed by atoms with van der Waals surface area (Å²) >= 11 is 0. The molecule has 0 amide bonds. The first-order valence-corrected chi connectivity index (χ1v) is 3.28. The van der Waals surface area contributed by atoms with Crippen LogP contribution < -0.4 is 0 Å². The minimum absolute atomic E-state index is 0.0888. The van der Waals surface area contributed by atoms with Gasteiger partial charge in [0, 0.05) is 18.6 Å². The first-order chi connectivity index (χ1) is 5.07. The van der Waals surface area contributed by atoms with Crippen molar-refractivity contribution >= 4 is 5.97 Å². The van der Waals surface area contributed by atoms with Crippen molar-refractivity contribution in [2.24, 2.45) is 0 Å². The van der Waals surface area contributed by atoms with Crippen molar-refractivity contribution in [3.05, 3.63) is 11.6 Å². The number of aliphatic hydroxyl groups excluding tert-OH is 2. The number of aliphatic carboxylic acids is 1. The Balaban J connectivity index is 3.96. The van der Waals surface area contributed by atoms with Crippen molar-refractivity contribution in [1.29, 1.82) is 0 Å². The smallest absolute Gasteiger partial charge is 0.331 e. The zero-order valence-electron chi connectivity index (χ0n) is 6.32. The van der Waals surface area contributed by atoms with Gasteiger partial charge in [-0.3, -0.25) is 0 Å². The second-order valence-corrected chi connectivity index (χ2v) is 2.23. The number of hydrogen-bond acceptors (Lipinski definition) is 3. The first kappa shape index (κ1) is 10.1. The third-order valence-electron chi connectivity index (χ3n) is 1.20. The van der Waals surface area contributed by atoms with Crippen LogP contribution in [0.1, 0.15) is 13.3 Å². The van der Waals surface area contributed by atoms with Gasteiger partial charge in [-0.05, 0) is 13.0 Å². The molecular weight excluding hydrogens is 148 g/mol. The van der Waals surface area contributed by atoms with Crippen LogP contribution in [0.25, 0.3) is 0 Å². The number of aliphatic hydroxyl groups is 2. The number of carboxylic acid groups (broad SMARTS) is 1. The summed E-state index contributed by atoms with van der Waals surface area (Å²) in [6, 6.07) is 0. The average Bonchev–Trinajstić information content (AvgIpc) is 1.87. The Morgan fingerprint density at radius 2 is 2.18 bits per heavy atom. The summed E-state index contributed by atoms with van der Waals surface area (Å²) in [5.41, 5.74) is 0.0888. The molecule has 0 aromatic carbocycles. The van der Waals surface area contributed by atoms with Crippen molar-refractivity contribution < 1.29 is 20.1 Å². The van der Waals surface area contributed by atoms with Gasteiger partial charge in [0.05, 0.1) is 6.10 Å². The van der Waals surface area contributed by atoms with Crippen LogP contribution in [0.3, 0.4) is 0 Å². The summed E-state index contributed by atoms with van der Waals surface area (Å²) in [7, 11) is 0. The molecule has 1 atom stereocenters. The van der Waals surface area contributed by atoms with Gasteiger partial charge in [-0.25, -0.2) is 4.79 Å². The standard InChI is InChI=1S/C7H12O4/c1-5(7(10)11)4-6(9)2-3-8/h4,6,8-9H,2-3H2,1H3,(H,10,11)/b5-4+. The molecule has 0 spiro atoms. The van der Waals surface area contributed by atoms with E-state index in [1.54, 1.807) is 0 Å². The minimum atomic E-state index is -1.05. The molecule has 3 N–H and O–H groups in total. The minimum Gasteiger partial charge on any atom is -0.478 e. The summed E-state index contributed by atoms with van der Waals surface area (Å²) in [6.07, 6.45) is 0.513. The predicted octanol–water partition coefficient (Wildman–Crippen LogP) is -0.239. The first-order valence-electron chi connectivity index (χ1n) is 3.28. The van der Waals surface area contributed by atoms with Gasteiger partial charge in [-0.15, -0.1) is 0 Å². The summed E-state index contributed by atoms with van der Waals surface area (Å²) in [6.45, 7) is 1.24. The van der Waals surface area contributed by atoms with E-state index in [-0.39, 0.29) is 18.6 Å². The Hall–Kier alpha value is -0.870. The van der Waals surface area contributed by atoms with Gasteiger partial charge in [-0.1, -0.05) is 0 Å². The van der Waals surface area contributed by atoms with Crippen LogP contribution in [0.15, 0.2) is 11.6 Å². The average molecular weight is 160 g/mol. The molecule has 1 unspecified atom stereocenters. The number of rotatable bonds is 4. The highest BCUT2D eigenvalue weighted by Crippen LogP contribution is 1.99. The summed E-state index contributed by atoms with van der Waals surface area (Å²) in [5, 5.41) is 25.7. The van der Waals surface area contributed by atoms with Gasteiger partial charge < -0.3 is 15.3 Å². The van der Waals surface area contributed by atoms with E-state index in [1.165, 1.54) is 13.0 Å². The van der Waals surface area contributed by atoms with E-state index < -0.39 is 12.1 Å². The maximum atomic E-state index is 10.2. The Kier molecular flexibility index (Phi) is 4.49. The van der Waals surface area contributed by atoms with Crippen LogP contribution >= 0.6 is 0 Å². The van der Waals surface area contributed by atoms with E-state index in [1.807, 2.05) is 0 Å². The van der Waals surface area contributed by atoms with E-state index in [4.69, 9.17) is 15.3 Å². The molecule has 0 aliphatic heterocycles. The Bertz CT molecular complexity index is 162. The van der Waals surface area contributed by atoms with Crippen molar-refractivity contribution in [2.45, 2.75) is 19.4 Å². The number of carboxylic acids is 1. The van der Waals surface area contributed by atoms with Crippen LogP contribution in [0, 0.1) is 0 Å². The third-order valence-corrected chi connectivity index (χ3v) is 1.20. The van der Waals surface area contributed by atoms with Crippen molar-refractivity contribution in [1.82, 2.24) is 0 Å². The molecule has 0 saturated heterocycles. The van der Waals surface area contributed by atoms with E-state index in [9.17, 15) is 4.79 Å². The van der Waals surface area contributed by atoms with Crippen molar-refractivity contribution in [3.63, 3.8) is 0 Å². The van der Waals surface area contributed by atoms with Gasteiger partial charge in [0.2, 0.25) is 0 Å². The summed E-state index contributed by atoms with van der Waals surface area (Å²) < 4.78 is 0. The largest absolute Gasteiger partial charge is 0.478 e. The molecule has 0 bridgehead atoms. The monoisotopic (exact) mass is 160 g/mol. The number of carbonyl (C=O) groups is 1. The molecule has 4 nitrogen and oxygen atoms in total.